The second-order valence-electron chi connectivity index (χ2n) is 6.59. The molecule has 0 saturated heterocycles. The fourth-order valence-electron chi connectivity index (χ4n) is 3.17. The highest BCUT2D eigenvalue weighted by Gasteiger charge is 2.10. The summed E-state index contributed by atoms with van der Waals surface area (Å²) in [6.45, 7) is 0. The van der Waals surface area contributed by atoms with E-state index in [4.69, 9.17) is 11.6 Å². The fraction of sp³-hybridized carbons (Fsp3) is 0.143. The Hall–Kier alpha value is -3.12. The Balaban J connectivity index is 1.47. The van der Waals surface area contributed by atoms with Gasteiger partial charge in [0.25, 0.3) is 0 Å². The van der Waals surface area contributed by atoms with Gasteiger partial charge >= 0.3 is 0 Å². The Morgan fingerprint density at radius 2 is 1.82 bits per heavy atom. The molecule has 1 N–H and O–H groups in total. The van der Waals surface area contributed by atoms with E-state index >= 15 is 0 Å². The summed E-state index contributed by atoms with van der Waals surface area (Å²) in [4.78, 5) is 20.9. The van der Waals surface area contributed by atoms with Gasteiger partial charge in [0.15, 0.2) is 5.65 Å². The molecule has 0 amide bonds. The topological polar surface area (TPSA) is 71.5 Å². The van der Waals surface area contributed by atoms with Gasteiger partial charge in [0.1, 0.15) is 17.9 Å². The monoisotopic (exact) mass is 394 g/mol. The quantitative estimate of drug-likeness (QED) is 0.534. The van der Waals surface area contributed by atoms with Crippen molar-refractivity contribution in [3.63, 3.8) is 0 Å². The molecule has 0 unspecified atom stereocenters. The van der Waals surface area contributed by atoms with Gasteiger partial charge in [-0.25, -0.2) is 14.4 Å². The van der Waals surface area contributed by atoms with Gasteiger partial charge < -0.3 is 0 Å². The molecule has 0 spiro atoms. The van der Waals surface area contributed by atoms with Gasteiger partial charge in [-0.15, -0.1) is 0 Å². The molecule has 5 nitrogen and oxygen atoms in total. The van der Waals surface area contributed by atoms with Crippen LogP contribution in [0.5, 0.6) is 0 Å². The number of carbonyl (C=O) groups excluding carboxylic acids is 1. The third-order valence-electron chi connectivity index (χ3n) is 4.48. The smallest absolute Gasteiger partial charge is 0.158 e. The third kappa shape index (κ3) is 4.07. The first-order chi connectivity index (χ1) is 13.6. The van der Waals surface area contributed by atoms with Crippen molar-refractivity contribution in [2.45, 2.75) is 19.3 Å². The van der Waals surface area contributed by atoms with Gasteiger partial charge in [-0.05, 0) is 28.8 Å². The zero-order chi connectivity index (χ0) is 19.5. The number of Topliss-reactive ketones (excluding diaryl/α,β-unsaturated/α-hetero) is 1. The lowest BCUT2D eigenvalue weighted by atomic mass is 9.99. The standard InChI is InChI=1S/C21H16ClFN4O/c22-18-9-15(4-5-19(18)23)8-16(28)7-13-2-1-3-14(6-13)10-20-17-11-26-27-21(17)25-12-24-20/h1-6,9,11-12H,7-8,10H2,(H,24,25,26,27). The average molecular weight is 395 g/mol. The van der Waals surface area contributed by atoms with Gasteiger partial charge in [-0.2, -0.15) is 5.10 Å². The van der Waals surface area contributed by atoms with E-state index < -0.39 is 5.82 Å². The summed E-state index contributed by atoms with van der Waals surface area (Å²) in [6, 6.07) is 12.2. The summed E-state index contributed by atoms with van der Waals surface area (Å²) >= 11 is 5.79. The van der Waals surface area contributed by atoms with Crippen LogP contribution in [0.3, 0.4) is 0 Å². The predicted octanol–water partition coefficient (Wildman–Crippen LogP) is 4.09. The minimum Gasteiger partial charge on any atom is -0.299 e. The number of aromatic nitrogens is 4. The van der Waals surface area contributed by atoms with Crippen molar-refractivity contribution in [1.29, 1.82) is 0 Å². The highest BCUT2D eigenvalue weighted by Crippen LogP contribution is 2.19. The van der Waals surface area contributed by atoms with E-state index in [1.165, 1.54) is 18.5 Å². The maximum atomic E-state index is 13.3. The summed E-state index contributed by atoms with van der Waals surface area (Å²) in [6.07, 6.45) is 4.36. The number of H-pyrrole nitrogens is 1. The lowest BCUT2D eigenvalue weighted by Crippen LogP contribution is -2.07. The second-order valence-corrected chi connectivity index (χ2v) is 7.00. The lowest BCUT2D eigenvalue weighted by Gasteiger charge is -2.06. The van der Waals surface area contributed by atoms with E-state index in [9.17, 15) is 9.18 Å². The van der Waals surface area contributed by atoms with Gasteiger partial charge in [-0.3, -0.25) is 9.89 Å². The number of benzene rings is 2. The molecular formula is C21H16ClFN4O. The fourth-order valence-corrected chi connectivity index (χ4v) is 3.37. The maximum absolute atomic E-state index is 13.3. The summed E-state index contributed by atoms with van der Waals surface area (Å²) < 4.78 is 13.3. The molecule has 0 fully saturated rings. The van der Waals surface area contributed by atoms with Crippen molar-refractivity contribution in [2.75, 3.05) is 0 Å². The number of nitrogens with zero attached hydrogens (tertiary/aromatic N) is 3. The summed E-state index contributed by atoms with van der Waals surface area (Å²) in [5.41, 5.74) is 4.26. The number of aromatic amines is 1. The minimum absolute atomic E-state index is 0.0303. The Kier molecular flexibility index (Phi) is 5.12. The van der Waals surface area contributed by atoms with E-state index in [2.05, 4.69) is 20.2 Å². The Morgan fingerprint density at radius 1 is 1.04 bits per heavy atom. The molecule has 2 aromatic heterocycles. The van der Waals surface area contributed by atoms with Crippen LogP contribution >= 0.6 is 11.6 Å². The Labute approximate surface area is 165 Å². The maximum Gasteiger partial charge on any atom is 0.158 e. The van der Waals surface area contributed by atoms with Crippen LogP contribution in [0.1, 0.15) is 22.4 Å². The highest BCUT2D eigenvalue weighted by atomic mass is 35.5. The molecule has 0 atom stereocenters. The van der Waals surface area contributed by atoms with Crippen LogP contribution in [0.25, 0.3) is 11.0 Å². The summed E-state index contributed by atoms with van der Waals surface area (Å²) in [5.74, 6) is -0.443. The van der Waals surface area contributed by atoms with Gasteiger partial charge in [0.2, 0.25) is 0 Å². The molecule has 0 aliphatic carbocycles. The predicted molar refractivity (Wildman–Crippen MR) is 105 cm³/mol. The number of nitrogens with one attached hydrogen (secondary N) is 1. The number of rotatable bonds is 6. The van der Waals surface area contributed by atoms with Crippen LogP contribution in [-0.2, 0) is 24.1 Å². The van der Waals surface area contributed by atoms with E-state index in [1.54, 1.807) is 12.3 Å². The normalized spacial score (nSPS) is 11.1. The van der Waals surface area contributed by atoms with E-state index in [1.807, 2.05) is 24.3 Å². The highest BCUT2D eigenvalue weighted by molar-refractivity contribution is 6.30. The zero-order valence-corrected chi connectivity index (χ0v) is 15.6. The van der Waals surface area contributed by atoms with Crippen LogP contribution in [0.2, 0.25) is 5.02 Å². The lowest BCUT2D eigenvalue weighted by molar-refractivity contribution is -0.117. The second kappa shape index (κ2) is 7.86. The van der Waals surface area contributed by atoms with Crippen molar-refractivity contribution in [3.8, 4) is 0 Å². The molecule has 7 heteroatoms. The average Bonchev–Trinajstić information content (AvgIpc) is 3.15. The van der Waals surface area contributed by atoms with Crippen molar-refractivity contribution >= 4 is 28.4 Å². The number of carbonyl (C=O) groups is 1. The van der Waals surface area contributed by atoms with Crippen LogP contribution in [0.4, 0.5) is 4.39 Å². The SMILES string of the molecule is O=C(Cc1cccc(Cc2ncnc3[nH]ncc23)c1)Cc1ccc(F)c(Cl)c1. The van der Waals surface area contributed by atoms with Gasteiger partial charge in [0.05, 0.1) is 22.3 Å². The molecule has 4 aromatic rings. The molecule has 0 aliphatic heterocycles. The van der Waals surface area contributed by atoms with Gasteiger partial charge in [0, 0.05) is 19.3 Å². The van der Waals surface area contributed by atoms with E-state index in [-0.39, 0.29) is 17.2 Å². The van der Waals surface area contributed by atoms with Crippen molar-refractivity contribution in [3.05, 3.63) is 88.2 Å². The zero-order valence-electron chi connectivity index (χ0n) is 14.8. The summed E-state index contributed by atoms with van der Waals surface area (Å²) in [5, 5.41) is 7.76. The number of ketones is 1. The van der Waals surface area contributed by atoms with Crippen LogP contribution in [-0.4, -0.2) is 25.9 Å². The molecule has 0 saturated carbocycles. The molecule has 0 aliphatic rings. The molecule has 0 bridgehead atoms. The van der Waals surface area contributed by atoms with Crippen LogP contribution < -0.4 is 0 Å². The number of halogens is 2. The minimum atomic E-state index is -0.484. The van der Waals surface area contributed by atoms with E-state index in [0.717, 1.165) is 22.2 Å². The number of fused-ring (bicyclic) bond motifs is 1. The molecule has 140 valence electrons. The molecule has 2 aromatic carbocycles. The van der Waals surface area contributed by atoms with Crippen LogP contribution in [0.15, 0.2) is 55.0 Å². The summed E-state index contributed by atoms with van der Waals surface area (Å²) in [7, 11) is 0. The first-order valence-corrected chi connectivity index (χ1v) is 9.12. The Morgan fingerprint density at radius 3 is 2.64 bits per heavy atom. The first kappa shape index (κ1) is 18.3. The molecular weight excluding hydrogens is 379 g/mol. The van der Waals surface area contributed by atoms with Crippen molar-refractivity contribution in [1.82, 2.24) is 20.2 Å². The van der Waals surface area contributed by atoms with Gasteiger partial charge in [-0.1, -0.05) is 41.9 Å². The molecule has 4 rings (SSSR count). The number of hydrogen-bond acceptors (Lipinski definition) is 4. The number of hydrogen-bond donors (Lipinski definition) is 1. The largest absolute Gasteiger partial charge is 0.299 e. The first-order valence-electron chi connectivity index (χ1n) is 8.75. The van der Waals surface area contributed by atoms with Crippen LogP contribution in [0, 0.1) is 5.82 Å². The Bertz CT molecular complexity index is 1160. The molecule has 0 radical (unpaired) electrons. The van der Waals surface area contributed by atoms with E-state index in [0.29, 0.717) is 24.1 Å². The molecule has 28 heavy (non-hydrogen) atoms. The molecule has 2 heterocycles. The third-order valence-corrected chi connectivity index (χ3v) is 4.77. The van der Waals surface area contributed by atoms with Crippen molar-refractivity contribution in [2.24, 2.45) is 0 Å². The van der Waals surface area contributed by atoms with Crippen molar-refractivity contribution < 1.29 is 9.18 Å².